The lowest BCUT2D eigenvalue weighted by Crippen LogP contribution is -2.22. The van der Waals surface area contributed by atoms with Crippen LogP contribution in [0, 0.1) is 0 Å². The number of halogens is 1. The molecule has 0 saturated heterocycles. The SMILES string of the molecule is CC(C)(Cc1cc(Cl)cc2c3c([nH]c12)CCNC3)c1cccnc1. The normalized spacial score (nSPS) is 14.8. The zero-order chi connectivity index (χ0) is 16.7. The van der Waals surface area contributed by atoms with Crippen LogP contribution in [0.2, 0.25) is 5.02 Å². The smallest absolute Gasteiger partial charge is 0.0493 e. The molecule has 3 heterocycles. The molecule has 0 radical (unpaired) electrons. The minimum atomic E-state index is -0.00423. The number of hydrogen-bond donors (Lipinski definition) is 2. The second kappa shape index (κ2) is 5.91. The molecule has 4 rings (SSSR count). The molecule has 0 fully saturated rings. The van der Waals surface area contributed by atoms with Crippen LogP contribution < -0.4 is 5.32 Å². The fourth-order valence-corrected chi connectivity index (χ4v) is 4.00. The van der Waals surface area contributed by atoms with Crippen molar-refractivity contribution in [3.05, 3.63) is 64.1 Å². The van der Waals surface area contributed by atoms with Gasteiger partial charge in [-0.25, -0.2) is 0 Å². The van der Waals surface area contributed by atoms with Gasteiger partial charge in [-0.3, -0.25) is 4.98 Å². The summed E-state index contributed by atoms with van der Waals surface area (Å²) in [6.45, 7) is 6.48. The van der Waals surface area contributed by atoms with Gasteiger partial charge in [0.15, 0.2) is 0 Å². The third-order valence-electron chi connectivity index (χ3n) is 5.08. The van der Waals surface area contributed by atoms with E-state index in [2.05, 4.69) is 47.3 Å². The Kier molecular flexibility index (Phi) is 3.86. The molecule has 1 aliphatic heterocycles. The zero-order valence-corrected chi connectivity index (χ0v) is 14.9. The molecule has 0 saturated carbocycles. The number of aromatic amines is 1. The molecule has 3 nitrogen and oxygen atoms in total. The molecule has 0 spiro atoms. The summed E-state index contributed by atoms with van der Waals surface area (Å²) < 4.78 is 0. The topological polar surface area (TPSA) is 40.7 Å². The Labute approximate surface area is 147 Å². The van der Waals surface area contributed by atoms with E-state index >= 15 is 0 Å². The summed E-state index contributed by atoms with van der Waals surface area (Å²) in [5.41, 5.74) is 6.49. The van der Waals surface area contributed by atoms with Crippen molar-refractivity contribution < 1.29 is 0 Å². The first-order chi connectivity index (χ1) is 11.5. The third-order valence-corrected chi connectivity index (χ3v) is 5.30. The van der Waals surface area contributed by atoms with Gasteiger partial charge in [0.1, 0.15) is 0 Å². The van der Waals surface area contributed by atoms with Crippen LogP contribution in [0.25, 0.3) is 10.9 Å². The van der Waals surface area contributed by atoms with Gasteiger partial charge in [0.25, 0.3) is 0 Å². The van der Waals surface area contributed by atoms with Crippen molar-refractivity contribution in [1.29, 1.82) is 0 Å². The minimum Gasteiger partial charge on any atom is -0.358 e. The molecule has 0 amide bonds. The summed E-state index contributed by atoms with van der Waals surface area (Å²) in [6, 6.07) is 8.36. The van der Waals surface area contributed by atoms with Crippen molar-refractivity contribution in [3.63, 3.8) is 0 Å². The van der Waals surface area contributed by atoms with Crippen molar-refractivity contribution >= 4 is 22.5 Å². The van der Waals surface area contributed by atoms with Gasteiger partial charge in [0.05, 0.1) is 0 Å². The van der Waals surface area contributed by atoms with Gasteiger partial charge in [-0.2, -0.15) is 0 Å². The third kappa shape index (κ3) is 2.72. The average molecular weight is 340 g/mol. The zero-order valence-electron chi connectivity index (χ0n) is 14.1. The standard InChI is InChI=1S/C20H22ClN3/c1-20(2,14-4-3-6-22-11-14)10-13-8-15(21)9-16-17-12-23-7-5-18(17)24-19(13)16/h3-4,6,8-9,11,23-24H,5,7,10,12H2,1-2H3. The van der Waals surface area contributed by atoms with E-state index in [1.807, 2.05) is 18.5 Å². The van der Waals surface area contributed by atoms with E-state index in [0.29, 0.717) is 0 Å². The Morgan fingerprint density at radius 1 is 1.29 bits per heavy atom. The monoisotopic (exact) mass is 339 g/mol. The van der Waals surface area contributed by atoms with Gasteiger partial charge in [0.2, 0.25) is 0 Å². The van der Waals surface area contributed by atoms with E-state index in [1.165, 1.54) is 33.3 Å². The lowest BCUT2D eigenvalue weighted by atomic mass is 9.79. The number of H-pyrrole nitrogens is 1. The second-order valence-corrected chi connectivity index (χ2v) is 7.74. The molecule has 1 aromatic carbocycles. The van der Waals surface area contributed by atoms with Crippen LogP contribution in [0.1, 0.15) is 36.2 Å². The van der Waals surface area contributed by atoms with Gasteiger partial charge < -0.3 is 10.3 Å². The van der Waals surface area contributed by atoms with Gasteiger partial charge in [-0.05, 0) is 46.7 Å². The van der Waals surface area contributed by atoms with Crippen LogP contribution in [-0.4, -0.2) is 16.5 Å². The summed E-state index contributed by atoms with van der Waals surface area (Å²) in [5.74, 6) is 0. The van der Waals surface area contributed by atoms with Crippen LogP contribution in [0.15, 0.2) is 36.7 Å². The van der Waals surface area contributed by atoms with E-state index in [-0.39, 0.29) is 5.41 Å². The van der Waals surface area contributed by atoms with Gasteiger partial charge in [0, 0.05) is 53.5 Å². The Bertz CT molecular complexity index is 881. The predicted molar refractivity (Wildman–Crippen MR) is 99.7 cm³/mol. The number of rotatable bonds is 3. The summed E-state index contributed by atoms with van der Waals surface area (Å²) >= 11 is 6.45. The molecule has 0 atom stereocenters. The molecule has 3 aromatic rings. The highest BCUT2D eigenvalue weighted by atomic mass is 35.5. The van der Waals surface area contributed by atoms with Gasteiger partial charge in [-0.1, -0.05) is 31.5 Å². The predicted octanol–water partition coefficient (Wildman–Crippen LogP) is 4.38. The van der Waals surface area contributed by atoms with Crippen molar-refractivity contribution in [2.45, 2.75) is 38.6 Å². The maximum Gasteiger partial charge on any atom is 0.0493 e. The molecule has 2 aromatic heterocycles. The Balaban J connectivity index is 1.80. The second-order valence-electron chi connectivity index (χ2n) is 7.30. The van der Waals surface area contributed by atoms with E-state index in [9.17, 15) is 0 Å². The lowest BCUT2D eigenvalue weighted by molar-refractivity contribution is 0.522. The highest BCUT2D eigenvalue weighted by Gasteiger charge is 2.24. The highest BCUT2D eigenvalue weighted by Crippen LogP contribution is 2.35. The Morgan fingerprint density at radius 3 is 2.96 bits per heavy atom. The number of aromatic nitrogens is 2. The largest absolute Gasteiger partial charge is 0.358 e. The molecular weight excluding hydrogens is 318 g/mol. The average Bonchev–Trinajstić information content (AvgIpc) is 2.94. The molecule has 0 aliphatic carbocycles. The fourth-order valence-electron chi connectivity index (χ4n) is 3.76. The maximum atomic E-state index is 6.45. The first-order valence-corrected chi connectivity index (χ1v) is 8.85. The highest BCUT2D eigenvalue weighted by molar-refractivity contribution is 6.31. The lowest BCUT2D eigenvalue weighted by Gasteiger charge is -2.25. The van der Waals surface area contributed by atoms with Crippen molar-refractivity contribution in [3.8, 4) is 0 Å². The Morgan fingerprint density at radius 2 is 2.17 bits per heavy atom. The first-order valence-electron chi connectivity index (χ1n) is 8.48. The van der Waals surface area contributed by atoms with Gasteiger partial charge in [-0.15, -0.1) is 0 Å². The van der Waals surface area contributed by atoms with E-state index < -0.39 is 0 Å². The van der Waals surface area contributed by atoms with Gasteiger partial charge >= 0.3 is 0 Å². The molecule has 2 N–H and O–H groups in total. The van der Waals surface area contributed by atoms with E-state index in [0.717, 1.165) is 31.0 Å². The number of benzene rings is 1. The van der Waals surface area contributed by atoms with Crippen LogP contribution in [-0.2, 0) is 24.8 Å². The van der Waals surface area contributed by atoms with Crippen LogP contribution in [0.5, 0.6) is 0 Å². The Hall–Kier alpha value is -1.84. The molecular formula is C20H22ClN3. The van der Waals surface area contributed by atoms with Crippen molar-refractivity contribution in [1.82, 2.24) is 15.3 Å². The minimum absolute atomic E-state index is 0.00423. The van der Waals surface area contributed by atoms with Crippen molar-refractivity contribution in [2.24, 2.45) is 0 Å². The quantitative estimate of drug-likeness (QED) is 0.743. The summed E-state index contributed by atoms with van der Waals surface area (Å²) in [5, 5.41) is 5.54. The molecule has 0 unspecified atom stereocenters. The number of nitrogens with one attached hydrogen (secondary N) is 2. The molecule has 124 valence electrons. The summed E-state index contributed by atoms with van der Waals surface area (Å²) in [7, 11) is 0. The molecule has 0 bridgehead atoms. The summed E-state index contributed by atoms with van der Waals surface area (Å²) in [6.07, 6.45) is 5.75. The number of fused-ring (bicyclic) bond motifs is 3. The maximum absolute atomic E-state index is 6.45. The van der Waals surface area contributed by atoms with Crippen LogP contribution >= 0.6 is 11.6 Å². The summed E-state index contributed by atoms with van der Waals surface area (Å²) in [4.78, 5) is 7.95. The molecule has 24 heavy (non-hydrogen) atoms. The number of pyridine rings is 1. The van der Waals surface area contributed by atoms with E-state index in [4.69, 9.17) is 11.6 Å². The fraction of sp³-hybridized carbons (Fsp3) is 0.350. The molecule has 4 heteroatoms. The molecule has 1 aliphatic rings. The number of hydrogen-bond acceptors (Lipinski definition) is 2. The van der Waals surface area contributed by atoms with Crippen LogP contribution in [0.4, 0.5) is 0 Å². The van der Waals surface area contributed by atoms with Crippen molar-refractivity contribution in [2.75, 3.05) is 6.54 Å². The van der Waals surface area contributed by atoms with E-state index in [1.54, 1.807) is 0 Å². The number of nitrogens with zero attached hydrogens (tertiary/aromatic N) is 1. The van der Waals surface area contributed by atoms with Crippen LogP contribution in [0.3, 0.4) is 0 Å². The first kappa shape index (κ1) is 15.7.